The number of hydrogen-bond acceptors (Lipinski definition) is 4. The summed E-state index contributed by atoms with van der Waals surface area (Å²) in [5, 5.41) is 14.8. The van der Waals surface area contributed by atoms with Crippen molar-refractivity contribution in [2.75, 3.05) is 0 Å². The van der Waals surface area contributed by atoms with Crippen LogP contribution in [0.15, 0.2) is 18.3 Å². The first kappa shape index (κ1) is 13.6. The smallest absolute Gasteiger partial charge is 0.138 e. The van der Waals surface area contributed by atoms with E-state index in [0.29, 0.717) is 23.7 Å². The normalized spacial score (nSPS) is 10.8. The zero-order chi connectivity index (χ0) is 13.1. The minimum absolute atomic E-state index is 0.0778. The topological polar surface area (TPSA) is 45.2 Å². The van der Waals surface area contributed by atoms with Crippen LogP contribution in [0, 0.1) is 6.92 Å². The summed E-state index contributed by atoms with van der Waals surface area (Å²) >= 11 is 13.4. The van der Waals surface area contributed by atoms with E-state index in [2.05, 4.69) is 10.3 Å². The van der Waals surface area contributed by atoms with Gasteiger partial charge in [-0.05, 0) is 19.1 Å². The molecule has 18 heavy (non-hydrogen) atoms. The molecule has 1 aromatic heterocycles. The lowest BCUT2D eigenvalue weighted by atomic mass is 10.2. The van der Waals surface area contributed by atoms with E-state index < -0.39 is 0 Å². The number of phenols is 1. The Morgan fingerprint density at radius 2 is 2.11 bits per heavy atom. The van der Waals surface area contributed by atoms with Gasteiger partial charge in [0.15, 0.2) is 0 Å². The highest BCUT2D eigenvalue weighted by Gasteiger charge is 2.07. The Labute approximate surface area is 119 Å². The van der Waals surface area contributed by atoms with Crippen LogP contribution in [0.4, 0.5) is 0 Å². The zero-order valence-corrected chi connectivity index (χ0v) is 12.0. The number of phenolic OH excluding ortho intramolecular Hbond substituents is 1. The van der Waals surface area contributed by atoms with Crippen molar-refractivity contribution in [3.63, 3.8) is 0 Å². The van der Waals surface area contributed by atoms with Gasteiger partial charge in [-0.1, -0.05) is 23.2 Å². The zero-order valence-electron chi connectivity index (χ0n) is 9.70. The van der Waals surface area contributed by atoms with E-state index >= 15 is 0 Å². The average molecular weight is 303 g/mol. The van der Waals surface area contributed by atoms with Crippen LogP contribution in [-0.4, -0.2) is 10.1 Å². The van der Waals surface area contributed by atoms with Crippen LogP contribution in [0.25, 0.3) is 0 Å². The van der Waals surface area contributed by atoms with Crippen molar-refractivity contribution in [1.29, 1.82) is 0 Å². The third-order valence-corrected chi connectivity index (χ3v) is 3.81. The molecule has 2 N–H and O–H groups in total. The number of nitrogens with zero attached hydrogens (tertiary/aromatic N) is 1. The van der Waals surface area contributed by atoms with Crippen molar-refractivity contribution in [2.24, 2.45) is 0 Å². The lowest BCUT2D eigenvalue weighted by Gasteiger charge is -2.08. The average Bonchev–Trinajstić information content (AvgIpc) is 2.71. The molecule has 0 saturated carbocycles. The minimum Gasteiger partial charge on any atom is -0.506 e. The van der Waals surface area contributed by atoms with Crippen LogP contribution >= 0.6 is 34.5 Å². The van der Waals surface area contributed by atoms with Crippen molar-refractivity contribution in [1.82, 2.24) is 10.3 Å². The summed E-state index contributed by atoms with van der Waals surface area (Å²) in [6.45, 7) is 3.18. The SMILES string of the molecule is Cc1ncc(CNCc2cc(Cl)cc(Cl)c2O)s1. The van der Waals surface area contributed by atoms with Gasteiger partial charge in [0.25, 0.3) is 0 Å². The molecule has 2 aromatic rings. The van der Waals surface area contributed by atoms with Gasteiger partial charge in [-0.25, -0.2) is 4.98 Å². The number of aromatic nitrogens is 1. The molecular formula is C12H12Cl2N2OS. The fourth-order valence-electron chi connectivity index (χ4n) is 1.56. The second kappa shape index (κ2) is 5.89. The fraction of sp³-hybridized carbons (Fsp3) is 0.250. The first-order valence-corrected chi connectivity index (χ1v) is 6.92. The third kappa shape index (κ3) is 3.36. The molecule has 6 heteroatoms. The van der Waals surface area contributed by atoms with Crippen molar-refractivity contribution in [3.8, 4) is 5.75 Å². The molecule has 96 valence electrons. The number of aryl methyl sites for hydroxylation is 1. The largest absolute Gasteiger partial charge is 0.506 e. The van der Waals surface area contributed by atoms with Crippen LogP contribution in [0.1, 0.15) is 15.4 Å². The molecule has 0 saturated heterocycles. The molecule has 1 heterocycles. The maximum Gasteiger partial charge on any atom is 0.138 e. The van der Waals surface area contributed by atoms with Gasteiger partial charge >= 0.3 is 0 Å². The Balaban J connectivity index is 1.98. The van der Waals surface area contributed by atoms with E-state index in [1.807, 2.05) is 13.1 Å². The lowest BCUT2D eigenvalue weighted by Crippen LogP contribution is -2.12. The molecule has 3 nitrogen and oxygen atoms in total. The van der Waals surface area contributed by atoms with Crippen LogP contribution in [-0.2, 0) is 13.1 Å². The Morgan fingerprint density at radius 3 is 2.78 bits per heavy atom. The molecule has 0 radical (unpaired) electrons. The molecule has 0 unspecified atom stereocenters. The van der Waals surface area contributed by atoms with Gasteiger partial charge in [-0.3, -0.25) is 0 Å². The summed E-state index contributed by atoms with van der Waals surface area (Å²) in [7, 11) is 0. The van der Waals surface area contributed by atoms with Crippen molar-refractivity contribution < 1.29 is 5.11 Å². The van der Waals surface area contributed by atoms with Crippen molar-refractivity contribution >= 4 is 34.5 Å². The first-order chi connectivity index (χ1) is 8.56. The highest BCUT2D eigenvalue weighted by Crippen LogP contribution is 2.31. The number of benzene rings is 1. The van der Waals surface area contributed by atoms with Crippen LogP contribution < -0.4 is 5.32 Å². The highest BCUT2D eigenvalue weighted by molar-refractivity contribution is 7.11. The van der Waals surface area contributed by atoms with E-state index in [9.17, 15) is 5.11 Å². The summed E-state index contributed by atoms with van der Waals surface area (Å²) in [6, 6.07) is 3.22. The maximum absolute atomic E-state index is 9.78. The number of rotatable bonds is 4. The van der Waals surface area contributed by atoms with Gasteiger partial charge in [0, 0.05) is 34.7 Å². The van der Waals surface area contributed by atoms with Gasteiger partial charge < -0.3 is 10.4 Å². The summed E-state index contributed by atoms with van der Waals surface area (Å²) in [6.07, 6.45) is 1.85. The Hall–Kier alpha value is -0.810. The number of aromatic hydroxyl groups is 1. The Morgan fingerprint density at radius 1 is 1.33 bits per heavy atom. The molecule has 0 spiro atoms. The molecule has 0 aliphatic rings. The van der Waals surface area contributed by atoms with Crippen LogP contribution in [0.5, 0.6) is 5.75 Å². The molecule has 0 fully saturated rings. The first-order valence-electron chi connectivity index (χ1n) is 5.35. The van der Waals surface area contributed by atoms with Gasteiger partial charge in [0.05, 0.1) is 10.0 Å². The van der Waals surface area contributed by atoms with Crippen molar-refractivity contribution in [2.45, 2.75) is 20.0 Å². The maximum atomic E-state index is 9.78. The van der Waals surface area contributed by atoms with Gasteiger partial charge in [0.2, 0.25) is 0 Å². The highest BCUT2D eigenvalue weighted by atomic mass is 35.5. The molecule has 2 rings (SSSR count). The quantitative estimate of drug-likeness (QED) is 0.904. The Bertz CT molecular complexity index is 557. The van der Waals surface area contributed by atoms with Crippen LogP contribution in [0.3, 0.4) is 0 Å². The number of nitrogens with one attached hydrogen (secondary N) is 1. The van der Waals surface area contributed by atoms with E-state index in [1.54, 1.807) is 17.4 Å². The predicted octanol–water partition coefficient (Wildman–Crippen LogP) is 3.75. The van der Waals surface area contributed by atoms with Gasteiger partial charge in [-0.2, -0.15) is 0 Å². The molecule has 0 bridgehead atoms. The molecule has 1 aromatic carbocycles. The van der Waals surface area contributed by atoms with E-state index in [-0.39, 0.29) is 10.8 Å². The van der Waals surface area contributed by atoms with E-state index in [4.69, 9.17) is 23.2 Å². The minimum atomic E-state index is 0.0778. The summed E-state index contributed by atoms with van der Waals surface area (Å²) in [5.74, 6) is 0.0778. The van der Waals surface area contributed by atoms with E-state index in [0.717, 1.165) is 9.88 Å². The molecule has 0 atom stereocenters. The fourth-order valence-corrected chi connectivity index (χ4v) is 2.86. The second-order valence-electron chi connectivity index (χ2n) is 3.84. The summed E-state index contributed by atoms with van der Waals surface area (Å²) < 4.78 is 0. The summed E-state index contributed by atoms with van der Waals surface area (Å²) in [5.41, 5.74) is 0.689. The van der Waals surface area contributed by atoms with E-state index in [1.165, 1.54) is 6.07 Å². The molecule has 0 aliphatic carbocycles. The lowest BCUT2D eigenvalue weighted by molar-refractivity contribution is 0.465. The summed E-state index contributed by atoms with van der Waals surface area (Å²) in [4.78, 5) is 5.33. The third-order valence-electron chi connectivity index (χ3n) is 2.39. The number of halogens is 2. The predicted molar refractivity (Wildman–Crippen MR) is 75.5 cm³/mol. The van der Waals surface area contributed by atoms with Crippen LogP contribution in [0.2, 0.25) is 10.0 Å². The monoisotopic (exact) mass is 302 g/mol. The van der Waals surface area contributed by atoms with Gasteiger partial charge in [-0.15, -0.1) is 11.3 Å². The molecular weight excluding hydrogens is 291 g/mol. The standard InChI is InChI=1S/C12H12Cl2N2OS/c1-7-16-6-10(18-7)5-15-4-8-2-9(13)3-11(14)12(8)17/h2-3,6,15,17H,4-5H2,1H3. The second-order valence-corrected chi connectivity index (χ2v) is 6.01. The molecule has 0 amide bonds. The van der Waals surface area contributed by atoms with Gasteiger partial charge in [0.1, 0.15) is 5.75 Å². The Kier molecular flexibility index (Phi) is 4.45. The van der Waals surface area contributed by atoms with Crippen molar-refractivity contribution in [3.05, 3.63) is 43.8 Å². The number of thiazole rings is 1. The molecule has 0 aliphatic heterocycles. The number of hydrogen-bond donors (Lipinski definition) is 2.